The molecule has 1 fully saturated rings. The molecule has 0 radical (unpaired) electrons. The number of ether oxygens (including phenoxy) is 1. The Morgan fingerprint density at radius 3 is 3.05 bits per heavy atom. The van der Waals surface area contributed by atoms with Crippen molar-refractivity contribution >= 4 is 11.8 Å². The Bertz CT molecular complexity index is 599. The van der Waals surface area contributed by atoms with Crippen molar-refractivity contribution in [3.05, 3.63) is 41.9 Å². The zero-order valence-electron chi connectivity index (χ0n) is 12.5. The minimum absolute atomic E-state index is 0.316. The van der Waals surface area contributed by atoms with Crippen LogP contribution < -0.4 is 11.1 Å². The predicted molar refractivity (Wildman–Crippen MR) is 85.7 cm³/mol. The van der Waals surface area contributed by atoms with E-state index in [0.29, 0.717) is 11.9 Å². The minimum Gasteiger partial charge on any atom is -0.381 e. The van der Waals surface area contributed by atoms with Gasteiger partial charge in [0, 0.05) is 37.0 Å². The average molecular weight is 299 g/mol. The number of nitrogens with zero attached hydrogens (tertiary/aromatic N) is 3. The van der Waals surface area contributed by atoms with E-state index in [0.717, 1.165) is 56.2 Å². The molecule has 6 heteroatoms. The molecule has 6 nitrogen and oxygen atoms in total. The van der Waals surface area contributed by atoms with Crippen molar-refractivity contribution in [1.29, 1.82) is 0 Å². The molecule has 1 unspecified atom stereocenters. The van der Waals surface area contributed by atoms with Crippen LogP contribution in [-0.4, -0.2) is 34.7 Å². The molecule has 3 N–H and O–H groups in total. The smallest absolute Gasteiger partial charge is 0.222 e. The lowest BCUT2D eigenvalue weighted by molar-refractivity contribution is 0.193. The molecule has 2 aromatic heterocycles. The van der Waals surface area contributed by atoms with Crippen LogP contribution in [0.2, 0.25) is 0 Å². The van der Waals surface area contributed by atoms with E-state index in [2.05, 4.69) is 20.3 Å². The Hall–Kier alpha value is -2.21. The number of hydrogen-bond donors (Lipinski definition) is 2. The van der Waals surface area contributed by atoms with Crippen molar-refractivity contribution in [2.24, 2.45) is 0 Å². The van der Waals surface area contributed by atoms with Crippen LogP contribution >= 0.6 is 0 Å². The van der Waals surface area contributed by atoms with Gasteiger partial charge in [0.1, 0.15) is 5.82 Å². The van der Waals surface area contributed by atoms with Crippen molar-refractivity contribution in [3.8, 4) is 0 Å². The molecule has 0 aromatic carbocycles. The van der Waals surface area contributed by atoms with E-state index in [1.165, 1.54) is 0 Å². The SMILES string of the molecule is Nc1nc(NCCCc2ccccn2)cc(C2CCOC2)n1. The number of hydrogen-bond acceptors (Lipinski definition) is 6. The summed E-state index contributed by atoms with van der Waals surface area (Å²) in [5, 5.41) is 3.32. The van der Waals surface area contributed by atoms with E-state index in [1.807, 2.05) is 30.5 Å². The highest BCUT2D eigenvalue weighted by Gasteiger charge is 2.20. The van der Waals surface area contributed by atoms with Crippen LogP contribution in [0.15, 0.2) is 30.5 Å². The molecule has 2 aromatic rings. The molecule has 0 saturated carbocycles. The third-order valence-corrected chi connectivity index (χ3v) is 3.75. The van der Waals surface area contributed by atoms with Gasteiger partial charge in [-0.2, -0.15) is 4.98 Å². The van der Waals surface area contributed by atoms with Crippen LogP contribution in [0.4, 0.5) is 11.8 Å². The first-order chi connectivity index (χ1) is 10.8. The zero-order valence-corrected chi connectivity index (χ0v) is 12.5. The van der Waals surface area contributed by atoms with E-state index in [4.69, 9.17) is 10.5 Å². The topological polar surface area (TPSA) is 86.0 Å². The maximum Gasteiger partial charge on any atom is 0.222 e. The van der Waals surface area contributed by atoms with Gasteiger partial charge in [-0.25, -0.2) is 4.98 Å². The molecule has 116 valence electrons. The fourth-order valence-electron chi connectivity index (χ4n) is 2.58. The molecule has 0 aliphatic carbocycles. The molecular formula is C16H21N5O. The Kier molecular flexibility index (Phi) is 4.80. The molecule has 0 bridgehead atoms. The molecule has 3 heterocycles. The molecular weight excluding hydrogens is 278 g/mol. The van der Waals surface area contributed by atoms with Crippen molar-refractivity contribution in [2.45, 2.75) is 25.2 Å². The molecule has 1 saturated heterocycles. The lowest BCUT2D eigenvalue weighted by atomic mass is 10.0. The summed E-state index contributed by atoms with van der Waals surface area (Å²) in [7, 11) is 0. The van der Waals surface area contributed by atoms with Crippen LogP contribution in [0.25, 0.3) is 0 Å². The van der Waals surface area contributed by atoms with Gasteiger partial charge in [0.15, 0.2) is 0 Å². The van der Waals surface area contributed by atoms with E-state index in [1.54, 1.807) is 0 Å². The number of rotatable bonds is 6. The summed E-state index contributed by atoms with van der Waals surface area (Å²) in [5.74, 6) is 1.44. The van der Waals surface area contributed by atoms with Crippen molar-refractivity contribution in [2.75, 3.05) is 30.8 Å². The van der Waals surface area contributed by atoms with Crippen LogP contribution in [0.1, 0.15) is 30.1 Å². The first-order valence-corrected chi connectivity index (χ1v) is 7.67. The Balaban J connectivity index is 1.53. The standard InChI is InChI=1S/C16H21N5O/c17-16-20-14(12-6-9-22-11-12)10-15(21-16)19-8-3-5-13-4-1-2-7-18-13/h1-2,4,7,10,12H,3,5-6,8-9,11H2,(H3,17,19,20,21). The predicted octanol–water partition coefficient (Wildman–Crippen LogP) is 2.00. The Morgan fingerprint density at radius 1 is 1.32 bits per heavy atom. The number of aryl methyl sites for hydroxylation is 1. The zero-order chi connectivity index (χ0) is 15.2. The van der Waals surface area contributed by atoms with E-state index in [-0.39, 0.29) is 0 Å². The maximum absolute atomic E-state index is 5.81. The summed E-state index contributed by atoms with van der Waals surface area (Å²) < 4.78 is 5.41. The number of nitrogen functional groups attached to an aromatic ring is 1. The first kappa shape index (κ1) is 14.7. The van der Waals surface area contributed by atoms with Gasteiger partial charge in [-0.1, -0.05) is 6.07 Å². The Labute approximate surface area is 130 Å². The summed E-state index contributed by atoms with van der Waals surface area (Å²) in [4.78, 5) is 12.9. The highest BCUT2D eigenvalue weighted by atomic mass is 16.5. The van der Waals surface area contributed by atoms with E-state index in [9.17, 15) is 0 Å². The van der Waals surface area contributed by atoms with Gasteiger partial charge in [0.05, 0.1) is 12.3 Å². The third-order valence-electron chi connectivity index (χ3n) is 3.75. The minimum atomic E-state index is 0.316. The normalized spacial score (nSPS) is 17.5. The van der Waals surface area contributed by atoms with Crippen molar-refractivity contribution in [3.63, 3.8) is 0 Å². The van der Waals surface area contributed by atoms with Crippen LogP contribution in [0.5, 0.6) is 0 Å². The number of aromatic nitrogens is 3. The van der Waals surface area contributed by atoms with Crippen molar-refractivity contribution in [1.82, 2.24) is 15.0 Å². The molecule has 1 atom stereocenters. The van der Waals surface area contributed by atoms with Crippen LogP contribution in [-0.2, 0) is 11.2 Å². The van der Waals surface area contributed by atoms with Crippen LogP contribution in [0, 0.1) is 0 Å². The lowest BCUT2D eigenvalue weighted by Crippen LogP contribution is -2.10. The summed E-state index contributed by atoms with van der Waals surface area (Å²) in [6, 6.07) is 7.97. The maximum atomic E-state index is 5.81. The monoisotopic (exact) mass is 299 g/mol. The quantitative estimate of drug-likeness (QED) is 0.794. The second-order valence-electron chi connectivity index (χ2n) is 5.45. The second-order valence-corrected chi connectivity index (χ2v) is 5.45. The Morgan fingerprint density at radius 2 is 2.27 bits per heavy atom. The van der Waals surface area contributed by atoms with Crippen molar-refractivity contribution < 1.29 is 4.74 Å². The third kappa shape index (κ3) is 3.92. The molecule has 22 heavy (non-hydrogen) atoms. The fraction of sp³-hybridized carbons (Fsp3) is 0.438. The van der Waals surface area contributed by atoms with Gasteiger partial charge in [-0.15, -0.1) is 0 Å². The highest BCUT2D eigenvalue weighted by molar-refractivity contribution is 5.41. The average Bonchev–Trinajstić information content (AvgIpc) is 3.07. The molecule has 1 aliphatic rings. The second kappa shape index (κ2) is 7.17. The van der Waals surface area contributed by atoms with Gasteiger partial charge >= 0.3 is 0 Å². The summed E-state index contributed by atoms with van der Waals surface area (Å²) >= 11 is 0. The molecule has 0 spiro atoms. The largest absolute Gasteiger partial charge is 0.381 e. The summed E-state index contributed by atoms with van der Waals surface area (Å²) in [5.41, 5.74) is 7.89. The summed E-state index contributed by atoms with van der Waals surface area (Å²) in [6.07, 6.45) is 4.75. The van der Waals surface area contributed by atoms with Gasteiger partial charge in [0.2, 0.25) is 5.95 Å². The lowest BCUT2D eigenvalue weighted by Gasteiger charge is -2.11. The van der Waals surface area contributed by atoms with Gasteiger partial charge in [-0.05, 0) is 31.4 Å². The van der Waals surface area contributed by atoms with E-state index >= 15 is 0 Å². The van der Waals surface area contributed by atoms with Gasteiger partial charge in [0.25, 0.3) is 0 Å². The molecule has 1 aliphatic heterocycles. The first-order valence-electron chi connectivity index (χ1n) is 7.67. The molecule has 3 rings (SSSR count). The fourth-order valence-corrected chi connectivity index (χ4v) is 2.58. The number of nitrogens with one attached hydrogen (secondary N) is 1. The van der Waals surface area contributed by atoms with Crippen LogP contribution in [0.3, 0.4) is 0 Å². The summed E-state index contributed by atoms with van der Waals surface area (Å²) in [6.45, 7) is 2.34. The number of nitrogens with two attached hydrogens (primary N) is 1. The number of pyridine rings is 1. The molecule has 0 amide bonds. The number of anilines is 2. The van der Waals surface area contributed by atoms with Gasteiger partial charge in [-0.3, -0.25) is 4.98 Å². The van der Waals surface area contributed by atoms with Gasteiger partial charge < -0.3 is 15.8 Å². The van der Waals surface area contributed by atoms with E-state index < -0.39 is 0 Å². The highest BCUT2D eigenvalue weighted by Crippen LogP contribution is 2.25.